The van der Waals surface area contributed by atoms with E-state index < -0.39 is 5.97 Å². The zero-order valence-corrected chi connectivity index (χ0v) is 12.7. The molecule has 0 saturated heterocycles. The van der Waals surface area contributed by atoms with Gasteiger partial charge in [-0.25, -0.2) is 4.79 Å². The number of aromatic carboxylic acids is 1. The lowest BCUT2D eigenvalue weighted by molar-refractivity contribution is 0.0697. The summed E-state index contributed by atoms with van der Waals surface area (Å²) >= 11 is 3.38. The van der Waals surface area contributed by atoms with Crippen LogP contribution in [0.25, 0.3) is 0 Å². The first-order chi connectivity index (χ1) is 10.1. The van der Waals surface area contributed by atoms with Gasteiger partial charge in [-0.15, -0.1) is 0 Å². The number of nitriles is 1. The lowest BCUT2D eigenvalue weighted by atomic mass is 10.1. The summed E-state index contributed by atoms with van der Waals surface area (Å²) in [6.07, 6.45) is 0.747. The fourth-order valence-corrected chi connectivity index (χ4v) is 2.28. The summed E-state index contributed by atoms with van der Waals surface area (Å²) in [5, 5.41) is 21.1. The highest BCUT2D eigenvalue weighted by Crippen LogP contribution is 2.20. The molecule has 5 heteroatoms. The number of halogens is 1. The molecule has 0 fully saturated rings. The van der Waals surface area contributed by atoms with E-state index in [1.165, 1.54) is 0 Å². The van der Waals surface area contributed by atoms with Crippen molar-refractivity contribution in [1.82, 2.24) is 0 Å². The Morgan fingerprint density at radius 2 is 1.95 bits per heavy atom. The second-order valence-corrected chi connectivity index (χ2v) is 5.40. The quantitative estimate of drug-likeness (QED) is 0.867. The van der Waals surface area contributed by atoms with Crippen LogP contribution in [0.1, 0.15) is 21.5 Å². The van der Waals surface area contributed by atoms with Crippen LogP contribution in [0.5, 0.6) is 0 Å². The monoisotopic (exact) mass is 344 g/mol. The predicted octanol–water partition coefficient (Wildman–Crippen LogP) is 3.67. The highest BCUT2D eigenvalue weighted by Gasteiger charge is 2.04. The zero-order chi connectivity index (χ0) is 15.2. The van der Waals surface area contributed by atoms with Gasteiger partial charge >= 0.3 is 5.97 Å². The molecule has 4 nitrogen and oxygen atoms in total. The lowest BCUT2D eigenvalue weighted by Gasteiger charge is -2.09. The van der Waals surface area contributed by atoms with Gasteiger partial charge in [0.1, 0.15) is 6.07 Å². The van der Waals surface area contributed by atoms with Crippen LogP contribution in [0.2, 0.25) is 0 Å². The van der Waals surface area contributed by atoms with Gasteiger partial charge in [-0.05, 0) is 42.3 Å². The molecule has 0 heterocycles. The molecule has 0 aromatic heterocycles. The normalized spacial score (nSPS) is 9.90. The first kappa shape index (κ1) is 15.1. The smallest absolute Gasteiger partial charge is 0.335 e. The molecule has 2 N–H and O–H groups in total. The van der Waals surface area contributed by atoms with E-state index in [1.54, 1.807) is 30.3 Å². The van der Waals surface area contributed by atoms with Crippen molar-refractivity contribution >= 4 is 27.6 Å². The van der Waals surface area contributed by atoms with Crippen molar-refractivity contribution in [2.24, 2.45) is 0 Å². The van der Waals surface area contributed by atoms with Crippen molar-refractivity contribution in [1.29, 1.82) is 5.26 Å². The molecule has 2 rings (SSSR count). The van der Waals surface area contributed by atoms with Crippen molar-refractivity contribution in [3.05, 3.63) is 63.6 Å². The van der Waals surface area contributed by atoms with Crippen LogP contribution in [-0.4, -0.2) is 17.6 Å². The Morgan fingerprint density at radius 1 is 1.24 bits per heavy atom. The molecule has 106 valence electrons. The largest absolute Gasteiger partial charge is 0.478 e. The van der Waals surface area contributed by atoms with Gasteiger partial charge in [-0.2, -0.15) is 5.26 Å². The molecule has 21 heavy (non-hydrogen) atoms. The van der Waals surface area contributed by atoms with Crippen molar-refractivity contribution in [3.8, 4) is 6.07 Å². The summed E-state index contributed by atoms with van der Waals surface area (Å²) in [7, 11) is 0. The van der Waals surface area contributed by atoms with E-state index in [9.17, 15) is 4.79 Å². The Morgan fingerprint density at radius 3 is 2.57 bits per heavy atom. The second kappa shape index (κ2) is 6.91. The van der Waals surface area contributed by atoms with Crippen molar-refractivity contribution in [3.63, 3.8) is 0 Å². The van der Waals surface area contributed by atoms with Crippen LogP contribution in [0.3, 0.4) is 0 Å². The third kappa shape index (κ3) is 4.07. The minimum absolute atomic E-state index is 0.283. The van der Waals surface area contributed by atoms with Gasteiger partial charge in [0, 0.05) is 11.0 Å². The molecule has 0 amide bonds. The van der Waals surface area contributed by atoms with E-state index in [-0.39, 0.29) is 5.56 Å². The summed E-state index contributed by atoms with van der Waals surface area (Å²) in [6.45, 7) is 0.664. The third-order valence-corrected chi connectivity index (χ3v) is 3.53. The predicted molar refractivity (Wildman–Crippen MR) is 84.5 cm³/mol. The zero-order valence-electron chi connectivity index (χ0n) is 11.1. The van der Waals surface area contributed by atoms with Crippen molar-refractivity contribution < 1.29 is 9.90 Å². The van der Waals surface area contributed by atoms with E-state index in [0.29, 0.717) is 12.1 Å². The molecular weight excluding hydrogens is 332 g/mol. The average molecular weight is 345 g/mol. The average Bonchev–Trinajstić information content (AvgIpc) is 2.48. The van der Waals surface area contributed by atoms with Gasteiger partial charge in [0.15, 0.2) is 0 Å². The van der Waals surface area contributed by atoms with E-state index in [1.807, 2.05) is 12.1 Å². The third-order valence-electron chi connectivity index (χ3n) is 3.03. The van der Waals surface area contributed by atoms with Gasteiger partial charge in [-0.3, -0.25) is 0 Å². The number of nitrogens with zero attached hydrogens (tertiary/aromatic N) is 1. The maximum Gasteiger partial charge on any atom is 0.335 e. The number of carboxylic acid groups (broad SMARTS) is 1. The van der Waals surface area contributed by atoms with E-state index >= 15 is 0 Å². The van der Waals surface area contributed by atoms with Gasteiger partial charge in [0.25, 0.3) is 0 Å². The molecule has 0 bridgehead atoms. The molecule has 0 atom stereocenters. The number of carbonyl (C=O) groups is 1. The van der Waals surface area contributed by atoms with Gasteiger partial charge < -0.3 is 10.4 Å². The summed E-state index contributed by atoms with van der Waals surface area (Å²) in [4.78, 5) is 10.8. The number of carboxylic acids is 1. The molecule has 0 aliphatic heterocycles. The molecule has 0 unspecified atom stereocenters. The SMILES string of the molecule is N#Cc1ccc(Br)cc1NCCc1ccc(C(=O)O)cc1. The van der Waals surface area contributed by atoms with Crippen molar-refractivity contribution in [2.45, 2.75) is 6.42 Å². The number of nitrogens with one attached hydrogen (secondary N) is 1. The highest BCUT2D eigenvalue weighted by atomic mass is 79.9. The van der Waals surface area contributed by atoms with E-state index in [2.05, 4.69) is 27.3 Å². The first-order valence-corrected chi connectivity index (χ1v) is 7.15. The summed E-state index contributed by atoms with van der Waals surface area (Å²) < 4.78 is 0.912. The van der Waals surface area contributed by atoms with Crippen LogP contribution in [0, 0.1) is 11.3 Å². The highest BCUT2D eigenvalue weighted by molar-refractivity contribution is 9.10. The molecule has 0 saturated carbocycles. The van der Waals surface area contributed by atoms with Gasteiger partial charge in [0.2, 0.25) is 0 Å². The fraction of sp³-hybridized carbons (Fsp3) is 0.125. The van der Waals surface area contributed by atoms with Crippen LogP contribution in [-0.2, 0) is 6.42 Å². The maximum atomic E-state index is 10.8. The summed E-state index contributed by atoms with van der Waals surface area (Å²) in [5.41, 5.74) is 2.71. The Balaban J connectivity index is 1.97. The molecule has 0 radical (unpaired) electrons. The van der Waals surface area contributed by atoms with E-state index in [4.69, 9.17) is 10.4 Å². The van der Waals surface area contributed by atoms with Crippen LogP contribution in [0.4, 0.5) is 5.69 Å². The topological polar surface area (TPSA) is 73.1 Å². The van der Waals surface area contributed by atoms with Crippen LogP contribution < -0.4 is 5.32 Å². The molecular formula is C16H13BrN2O2. The van der Waals surface area contributed by atoms with E-state index in [0.717, 1.165) is 22.1 Å². The lowest BCUT2D eigenvalue weighted by Crippen LogP contribution is -2.06. The summed E-state index contributed by atoms with van der Waals surface area (Å²) in [6, 6.07) is 14.4. The summed E-state index contributed by atoms with van der Waals surface area (Å²) in [5.74, 6) is -0.924. The van der Waals surface area contributed by atoms with Gasteiger partial charge in [0.05, 0.1) is 16.8 Å². The minimum Gasteiger partial charge on any atom is -0.478 e. The molecule has 0 spiro atoms. The number of anilines is 1. The molecule has 0 aliphatic carbocycles. The maximum absolute atomic E-state index is 10.8. The van der Waals surface area contributed by atoms with Crippen molar-refractivity contribution in [2.75, 3.05) is 11.9 Å². The number of hydrogen-bond acceptors (Lipinski definition) is 3. The van der Waals surface area contributed by atoms with Crippen LogP contribution in [0.15, 0.2) is 46.9 Å². The number of hydrogen-bond donors (Lipinski definition) is 2. The van der Waals surface area contributed by atoms with Crippen LogP contribution >= 0.6 is 15.9 Å². The molecule has 2 aromatic rings. The number of benzene rings is 2. The Labute approximate surface area is 131 Å². The van der Waals surface area contributed by atoms with Gasteiger partial charge in [-0.1, -0.05) is 28.1 Å². The minimum atomic E-state index is -0.924. The molecule has 2 aromatic carbocycles. The Kier molecular flexibility index (Phi) is 4.96. The molecule has 0 aliphatic rings. The first-order valence-electron chi connectivity index (χ1n) is 6.36. The Bertz CT molecular complexity index is 690. The fourth-order valence-electron chi connectivity index (χ4n) is 1.92. The standard InChI is InChI=1S/C16H13BrN2O2/c17-14-6-5-13(10-18)15(9-14)19-8-7-11-1-3-12(4-2-11)16(20)21/h1-6,9,19H,7-8H2,(H,20,21). The second-order valence-electron chi connectivity index (χ2n) is 4.48. The Hall–Kier alpha value is -2.32. The number of rotatable bonds is 5.